The third-order valence-corrected chi connectivity index (χ3v) is 4.03. The van der Waals surface area contributed by atoms with Gasteiger partial charge in [0.1, 0.15) is 0 Å². The fourth-order valence-corrected chi connectivity index (χ4v) is 2.60. The molecular weight excluding hydrogens is 369 g/mol. The number of carbonyl (C=O) groups is 1. The van der Waals surface area contributed by atoms with E-state index in [4.69, 9.17) is 11.6 Å². The van der Waals surface area contributed by atoms with Gasteiger partial charge in [0.25, 0.3) is 0 Å². The van der Waals surface area contributed by atoms with Crippen LogP contribution in [0.1, 0.15) is 28.2 Å². The third kappa shape index (κ3) is 4.11. The van der Waals surface area contributed by atoms with Crippen LogP contribution in [0.3, 0.4) is 0 Å². The summed E-state index contributed by atoms with van der Waals surface area (Å²) in [4.78, 5) is 15.5. The molecule has 0 bridgehead atoms. The normalized spacial score (nSPS) is 11.5. The lowest BCUT2D eigenvalue weighted by Gasteiger charge is -2.04. The molecule has 2 aromatic carbocycles. The van der Waals surface area contributed by atoms with Crippen LogP contribution in [0.5, 0.6) is 0 Å². The van der Waals surface area contributed by atoms with E-state index in [1.807, 2.05) is 0 Å². The number of nitrogens with zero attached hydrogens (tertiary/aromatic N) is 2. The van der Waals surface area contributed by atoms with Crippen molar-refractivity contribution in [2.24, 2.45) is 0 Å². The highest BCUT2D eigenvalue weighted by atomic mass is 35.5. The zero-order valence-corrected chi connectivity index (χ0v) is 14.0. The Morgan fingerprint density at radius 3 is 2.38 bits per heavy atom. The van der Waals surface area contributed by atoms with Crippen LogP contribution in [0.2, 0.25) is 5.02 Å². The van der Waals surface area contributed by atoms with E-state index in [0.29, 0.717) is 22.6 Å². The number of Topliss-reactive ketones (excluding diaryl/α,β-unsaturated/α-hetero) is 1. The second-order valence-corrected chi connectivity index (χ2v) is 5.93. The van der Waals surface area contributed by atoms with E-state index >= 15 is 0 Å². The van der Waals surface area contributed by atoms with E-state index in [1.165, 1.54) is 0 Å². The van der Waals surface area contributed by atoms with Gasteiger partial charge in [-0.2, -0.15) is 18.2 Å². The molecule has 134 valence electrons. The average Bonchev–Trinajstić information content (AvgIpc) is 3.11. The fourth-order valence-electron chi connectivity index (χ4n) is 2.36. The molecule has 1 heterocycles. The zero-order valence-electron chi connectivity index (χ0n) is 13.3. The first kappa shape index (κ1) is 18.1. The van der Waals surface area contributed by atoms with Gasteiger partial charge in [-0.1, -0.05) is 53.2 Å². The largest absolute Gasteiger partial charge is 0.471 e. The highest BCUT2D eigenvalue weighted by molar-refractivity contribution is 6.33. The lowest BCUT2D eigenvalue weighted by atomic mass is 10.0. The first-order chi connectivity index (χ1) is 12.3. The first-order valence-electron chi connectivity index (χ1n) is 7.62. The Morgan fingerprint density at radius 2 is 1.77 bits per heavy atom. The predicted octanol–water partition coefficient (Wildman–Crippen LogP) is 5.22. The molecule has 0 radical (unpaired) electrons. The maximum atomic E-state index is 12.5. The van der Waals surface area contributed by atoms with Crippen LogP contribution in [0.15, 0.2) is 53.1 Å². The van der Waals surface area contributed by atoms with E-state index < -0.39 is 12.1 Å². The van der Waals surface area contributed by atoms with Gasteiger partial charge >= 0.3 is 12.1 Å². The minimum atomic E-state index is -4.68. The summed E-state index contributed by atoms with van der Waals surface area (Å²) in [6.45, 7) is 0. The fraction of sp³-hybridized carbons (Fsp3) is 0.167. The topological polar surface area (TPSA) is 56.0 Å². The van der Waals surface area contributed by atoms with Crippen LogP contribution >= 0.6 is 11.6 Å². The summed E-state index contributed by atoms with van der Waals surface area (Å²) in [6, 6.07) is 13.4. The summed E-state index contributed by atoms with van der Waals surface area (Å²) in [5.74, 6) is -1.61. The summed E-state index contributed by atoms with van der Waals surface area (Å²) in [6.07, 6.45) is -3.93. The van der Waals surface area contributed by atoms with Crippen molar-refractivity contribution in [3.05, 3.63) is 70.6 Å². The van der Waals surface area contributed by atoms with Gasteiger partial charge in [-0.25, -0.2) is 0 Å². The molecule has 3 aromatic rings. The Bertz CT molecular complexity index is 921. The minimum Gasteiger partial charge on any atom is -0.329 e. The molecule has 0 atom stereocenters. The molecule has 0 N–H and O–H groups in total. The number of alkyl halides is 3. The maximum Gasteiger partial charge on any atom is 0.471 e. The second kappa shape index (κ2) is 7.29. The number of aromatic nitrogens is 2. The van der Waals surface area contributed by atoms with Crippen molar-refractivity contribution in [1.82, 2.24) is 10.1 Å². The van der Waals surface area contributed by atoms with Crippen LogP contribution in [0.4, 0.5) is 13.2 Å². The lowest BCUT2D eigenvalue weighted by molar-refractivity contribution is -0.159. The molecule has 0 aliphatic carbocycles. The highest BCUT2D eigenvalue weighted by Gasteiger charge is 2.38. The van der Waals surface area contributed by atoms with Gasteiger partial charge in [-0.05, 0) is 24.1 Å². The Labute approximate surface area is 151 Å². The summed E-state index contributed by atoms with van der Waals surface area (Å²) in [5, 5.41) is 3.74. The van der Waals surface area contributed by atoms with Crippen molar-refractivity contribution in [2.75, 3.05) is 0 Å². The van der Waals surface area contributed by atoms with Crippen molar-refractivity contribution < 1.29 is 22.5 Å². The van der Waals surface area contributed by atoms with E-state index in [2.05, 4.69) is 14.7 Å². The van der Waals surface area contributed by atoms with Gasteiger partial charge in [0.05, 0.1) is 5.02 Å². The summed E-state index contributed by atoms with van der Waals surface area (Å²) >= 11 is 6.00. The third-order valence-electron chi connectivity index (χ3n) is 3.70. The Balaban J connectivity index is 1.66. The highest BCUT2D eigenvalue weighted by Crippen LogP contribution is 2.29. The number of halogens is 4. The molecule has 1 aromatic heterocycles. The van der Waals surface area contributed by atoms with Gasteiger partial charge in [-0.3, -0.25) is 4.79 Å². The maximum absolute atomic E-state index is 12.5. The zero-order chi connectivity index (χ0) is 18.7. The van der Waals surface area contributed by atoms with Crippen molar-refractivity contribution >= 4 is 17.4 Å². The van der Waals surface area contributed by atoms with Crippen LogP contribution in [-0.4, -0.2) is 15.9 Å². The first-order valence-corrected chi connectivity index (χ1v) is 8.00. The Kier molecular flexibility index (Phi) is 5.08. The van der Waals surface area contributed by atoms with Crippen molar-refractivity contribution in [3.8, 4) is 11.4 Å². The summed E-state index contributed by atoms with van der Waals surface area (Å²) < 4.78 is 41.7. The second-order valence-electron chi connectivity index (χ2n) is 5.52. The number of benzene rings is 2. The average molecular weight is 381 g/mol. The number of hydrogen-bond donors (Lipinski definition) is 0. The number of aryl methyl sites for hydroxylation is 1. The summed E-state index contributed by atoms with van der Waals surface area (Å²) in [7, 11) is 0. The summed E-state index contributed by atoms with van der Waals surface area (Å²) in [5.41, 5.74) is 1.72. The molecule has 0 saturated carbocycles. The van der Waals surface area contributed by atoms with E-state index in [-0.39, 0.29) is 18.0 Å². The molecule has 0 unspecified atom stereocenters. The molecular formula is C18H12ClF3N2O2. The molecule has 3 rings (SSSR count). The molecule has 0 saturated heterocycles. The van der Waals surface area contributed by atoms with Crippen molar-refractivity contribution in [2.45, 2.75) is 19.0 Å². The number of ketones is 1. The van der Waals surface area contributed by atoms with Gasteiger partial charge in [-0.15, -0.1) is 0 Å². The Hall–Kier alpha value is -2.67. The standard InChI is InChI=1S/C18H12ClF3N2O2/c19-14-4-2-1-3-13(14)15(25)10-7-11-5-8-12(9-6-11)16-23-17(26-24-16)18(20,21)22/h1-6,8-9H,7,10H2. The van der Waals surface area contributed by atoms with Gasteiger partial charge in [0.15, 0.2) is 5.78 Å². The smallest absolute Gasteiger partial charge is 0.329 e. The number of rotatable bonds is 5. The van der Waals surface area contributed by atoms with E-state index in [9.17, 15) is 18.0 Å². The van der Waals surface area contributed by atoms with Crippen molar-refractivity contribution in [3.63, 3.8) is 0 Å². The Morgan fingerprint density at radius 1 is 1.08 bits per heavy atom. The molecule has 0 aliphatic heterocycles. The predicted molar refractivity (Wildman–Crippen MR) is 88.8 cm³/mol. The van der Waals surface area contributed by atoms with Gasteiger partial charge in [0, 0.05) is 17.5 Å². The molecule has 0 spiro atoms. The van der Waals surface area contributed by atoms with Crippen LogP contribution in [0, 0.1) is 0 Å². The van der Waals surface area contributed by atoms with Gasteiger partial charge in [0.2, 0.25) is 5.82 Å². The quantitative estimate of drug-likeness (QED) is 0.569. The van der Waals surface area contributed by atoms with Crippen LogP contribution in [0.25, 0.3) is 11.4 Å². The molecule has 0 amide bonds. The monoisotopic (exact) mass is 380 g/mol. The molecule has 4 nitrogen and oxygen atoms in total. The lowest BCUT2D eigenvalue weighted by Crippen LogP contribution is -2.04. The molecule has 0 fully saturated rings. The van der Waals surface area contributed by atoms with E-state index in [1.54, 1.807) is 48.5 Å². The number of carbonyl (C=O) groups excluding carboxylic acids is 1. The van der Waals surface area contributed by atoms with Gasteiger partial charge < -0.3 is 4.52 Å². The van der Waals surface area contributed by atoms with E-state index in [0.717, 1.165) is 5.56 Å². The molecule has 26 heavy (non-hydrogen) atoms. The van der Waals surface area contributed by atoms with Crippen LogP contribution in [-0.2, 0) is 12.6 Å². The number of hydrogen-bond acceptors (Lipinski definition) is 4. The van der Waals surface area contributed by atoms with Crippen LogP contribution < -0.4 is 0 Å². The van der Waals surface area contributed by atoms with Crippen molar-refractivity contribution in [1.29, 1.82) is 0 Å². The minimum absolute atomic E-state index is 0.0762. The SMILES string of the molecule is O=C(CCc1ccc(-c2noc(C(F)(F)F)n2)cc1)c1ccccc1Cl. The molecule has 8 heteroatoms. The molecule has 0 aliphatic rings.